The quantitative estimate of drug-likeness (QED) is 0.828. The number of rotatable bonds is 4. The van der Waals surface area contributed by atoms with Gasteiger partial charge in [0.2, 0.25) is 0 Å². The summed E-state index contributed by atoms with van der Waals surface area (Å²) < 4.78 is 41.0. The Morgan fingerprint density at radius 3 is 2.59 bits per heavy atom. The van der Waals surface area contributed by atoms with Crippen molar-refractivity contribution in [1.29, 1.82) is 0 Å². The third-order valence-electron chi connectivity index (χ3n) is 5.69. The number of halogens is 3. The van der Waals surface area contributed by atoms with Crippen molar-refractivity contribution in [2.45, 2.75) is 32.0 Å². The number of carbonyl (C=O) groups is 1. The number of carbonyl (C=O) groups excluding carboxylic acids is 1. The minimum Gasteiger partial charge on any atom is -0.325 e. The van der Waals surface area contributed by atoms with E-state index >= 15 is 0 Å². The molecule has 1 N–H and O–H groups in total. The Labute approximate surface area is 168 Å². The summed E-state index contributed by atoms with van der Waals surface area (Å²) in [5.74, 6) is 0.356. The van der Waals surface area contributed by atoms with Gasteiger partial charge in [-0.25, -0.2) is 9.48 Å². The molecule has 1 aliphatic rings. The van der Waals surface area contributed by atoms with E-state index in [1.807, 2.05) is 6.92 Å². The maximum absolute atomic E-state index is 13.2. The van der Waals surface area contributed by atoms with Crippen LogP contribution in [0, 0.1) is 5.92 Å². The molecule has 2 amide bonds. The van der Waals surface area contributed by atoms with E-state index in [2.05, 4.69) is 22.4 Å². The van der Waals surface area contributed by atoms with Crippen LogP contribution in [0.1, 0.15) is 25.3 Å². The average Bonchev–Trinajstić information content (AvgIpc) is 3.21. The third kappa shape index (κ3) is 4.90. The first kappa shape index (κ1) is 21.2. The summed E-state index contributed by atoms with van der Waals surface area (Å²) in [4.78, 5) is 16.7. The van der Waals surface area contributed by atoms with Gasteiger partial charge in [-0.15, -0.1) is 0 Å². The fourth-order valence-electron chi connectivity index (χ4n) is 3.64. The molecule has 1 fully saturated rings. The van der Waals surface area contributed by atoms with Gasteiger partial charge in [0.05, 0.1) is 16.9 Å². The van der Waals surface area contributed by atoms with Crippen LogP contribution >= 0.6 is 0 Å². The molecule has 0 bridgehead atoms. The standard InChI is InChI=1S/C20H26F3N5O/c1-14(15-7-11-26(2)12-8-15)27(3)19(29)25-17-13-16(20(21,22)23)5-6-18(17)28-10-4-9-24-28/h4-6,9-10,13-15H,7-8,11-12H2,1-3H3,(H,25,29)/t14-/m1/s1. The van der Waals surface area contributed by atoms with Crippen molar-refractivity contribution in [2.75, 3.05) is 32.5 Å². The zero-order valence-electron chi connectivity index (χ0n) is 16.8. The van der Waals surface area contributed by atoms with Gasteiger partial charge in [-0.1, -0.05) is 0 Å². The molecule has 0 aliphatic carbocycles. The number of nitrogens with one attached hydrogen (secondary N) is 1. The molecule has 2 heterocycles. The summed E-state index contributed by atoms with van der Waals surface area (Å²) in [6, 6.07) is 4.44. The van der Waals surface area contributed by atoms with E-state index in [9.17, 15) is 18.0 Å². The number of benzene rings is 1. The molecule has 0 radical (unpaired) electrons. The normalized spacial score (nSPS) is 17.2. The highest BCUT2D eigenvalue weighted by molar-refractivity contribution is 5.91. The van der Waals surface area contributed by atoms with E-state index in [0.717, 1.165) is 38.1 Å². The van der Waals surface area contributed by atoms with Crippen LogP contribution in [0.15, 0.2) is 36.7 Å². The van der Waals surface area contributed by atoms with E-state index in [4.69, 9.17) is 0 Å². The van der Waals surface area contributed by atoms with E-state index in [1.54, 1.807) is 24.2 Å². The Hall–Kier alpha value is -2.55. The molecule has 0 spiro atoms. The fourth-order valence-corrected chi connectivity index (χ4v) is 3.64. The molecule has 2 aromatic rings. The molecular formula is C20H26F3N5O. The number of hydrogen-bond donors (Lipinski definition) is 1. The van der Waals surface area contributed by atoms with Crippen molar-refractivity contribution in [3.05, 3.63) is 42.2 Å². The largest absolute Gasteiger partial charge is 0.416 e. The Balaban J connectivity index is 1.81. The van der Waals surface area contributed by atoms with Crippen LogP contribution in [0.25, 0.3) is 5.69 Å². The number of urea groups is 1. The van der Waals surface area contributed by atoms with E-state index < -0.39 is 17.8 Å². The van der Waals surface area contributed by atoms with Crippen molar-refractivity contribution in [3.63, 3.8) is 0 Å². The second-order valence-electron chi connectivity index (χ2n) is 7.60. The number of nitrogens with zero attached hydrogens (tertiary/aromatic N) is 4. The second kappa shape index (κ2) is 8.44. The van der Waals surface area contributed by atoms with Crippen molar-refractivity contribution in [2.24, 2.45) is 5.92 Å². The lowest BCUT2D eigenvalue weighted by Gasteiger charge is -2.37. The first-order valence-electron chi connectivity index (χ1n) is 9.60. The molecule has 0 saturated carbocycles. The van der Waals surface area contributed by atoms with E-state index in [-0.39, 0.29) is 11.7 Å². The molecular weight excluding hydrogens is 383 g/mol. The molecule has 3 rings (SSSR count). The van der Waals surface area contributed by atoms with Gasteiger partial charge in [0.15, 0.2) is 0 Å². The minimum absolute atomic E-state index is 0.0253. The summed E-state index contributed by atoms with van der Waals surface area (Å²) in [5, 5.41) is 6.73. The lowest BCUT2D eigenvalue weighted by molar-refractivity contribution is -0.137. The number of aromatic nitrogens is 2. The fraction of sp³-hybridized carbons (Fsp3) is 0.500. The molecule has 1 aliphatic heterocycles. The van der Waals surface area contributed by atoms with Crippen LogP contribution in [0.4, 0.5) is 23.7 Å². The van der Waals surface area contributed by atoms with Crippen LogP contribution in [0.3, 0.4) is 0 Å². The van der Waals surface area contributed by atoms with Crippen LogP contribution in [0.2, 0.25) is 0 Å². The molecule has 6 nitrogen and oxygen atoms in total. The molecule has 1 saturated heterocycles. The Morgan fingerprint density at radius 1 is 1.31 bits per heavy atom. The molecule has 158 valence electrons. The highest BCUT2D eigenvalue weighted by atomic mass is 19.4. The molecule has 0 unspecified atom stereocenters. The zero-order chi connectivity index (χ0) is 21.2. The SMILES string of the molecule is C[C@H](C1CCN(C)CC1)N(C)C(=O)Nc1cc(C(F)(F)F)ccc1-n1cccn1. The highest BCUT2D eigenvalue weighted by Crippen LogP contribution is 2.33. The van der Waals surface area contributed by atoms with Gasteiger partial charge in [-0.05, 0) is 70.1 Å². The number of likely N-dealkylation sites (tertiary alicyclic amines) is 1. The second-order valence-corrected chi connectivity index (χ2v) is 7.60. The smallest absolute Gasteiger partial charge is 0.325 e. The zero-order valence-corrected chi connectivity index (χ0v) is 16.8. The van der Waals surface area contributed by atoms with Crippen molar-refractivity contribution in [1.82, 2.24) is 19.6 Å². The maximum Gasteiger partial charge on any atom is 0.416 e. The molecule has 29 heavy (non-hydrogen) atoms. The third-order valence-corrected chi connectivity index (χ3v) is 5.69. The van der Waals surface area contributed by atoms with Gasteiger partial charge in [-0.2, -0.15) is 18.3 Å². The van der Waals surface area contributed by atoms with Gasteiger partial charge >= 0.3 is 12.2 Å². The number of piperidine rings is 1. The van der Waals surface area contributed by atoms with Crippen LogP contribution < -0.4 is 5.32 Å². The predicted molar refractivity (Wildman–Crippen MR) is 105 cm³/mol. The van der Waals surface area contributed by atoms with Gasteiger partial charge in [0.1, 0.15) is 0 Å². The number of anilines is 1. The van der Waals surface area contributed by atoms with Crippen molar-refractivity contribution in [3.8, 4) is 5.69 Å². The van der Waals surface area contributed by atoms with Crippen LogP contribution in [-0.2, 0) is 6.18 Å². The Morgan fingerprint density at radius 2 is 2.00 bits per heavy atom. The topological polar surface area (TPSA) is 53.4 Å². The summed E-state index contributed by atoms with van der Waals surface area (Å²) in [5.41, 5.74) is -0.387. The summed E-state index contributed by atoms with van der Waals surface area (Å²) >= 11 is 0. The molecule has 1 atom stereocenters. The van der Waals surface area contributed by atoms with Gasteiger partial charge in [-0.3, -0.25) is 0 Å². The summed E-state index contributed by atoms with van der Waals surface area (Å²) in [6.07, 6.45) is 0.602. The first-order valence-corrected chi connectivity index (χ1v) is 9.60. The molecule has 9 heteroatoms. The number of hydrogen-bond acceptors (Lipinski definition) is 3. The average molecular weight is 409 g/mol. The maximum atomic E-state index is 13.2. The lowest BCUT2D eigenvalue weighted by atomic mass is 9.90. The Bertz CT molecular complexity index is 829. The lowest BCUT2D eigenvalue weighted by Crippen LogP contribution is -2.45. The first-order chi connectivity index (χ1) is 13.7. The monoisotopic (exact) mass is 409 g/mol. The van der Waals surface area contributed by atoms with Crippen LogP contribution in [-0.4, -0.2) is 58.8 Å². The minimum atomic E-state index is -4.50. The van der Waals surface area contributed by atoms with Gasteiger partial charge in [0, 0.05) is 25.5 Å². The molecule has 1 aromatic carbocycles. The Kier molecular flexibility index (Phi) is 6.16. The number of alkyl halides is 3. The number of amides is 2. The highest BCUT2D eigenvalue weighted by Gasteiger charge is 2.32. The molecule has 1 aromatic heterocycles. The van der Waals surface area contributed by atoms with E-state index in [0.29, 0.717) is 11.6 Å². The van der Waals surface area contributed by atoms with E-state index in [1.165, 1.54) is 16.9 Å². The van der Waals surface area contributed by atoms with Crippen molar-refractivity contribution >= 4 is 11.7 Å². The summed E-state index contributed by atoms with van der Waals surface area (Å²) in [7, 11) is 3.75. The van der Waals surface area contributed by atoms with Crippen molar-refractivity contribution < 1.29 is 18.0 Å². The summed E-state index contributed by atoms with van der Waals surface area (Å²) in [6.45, 7) is 3.93. The van der Waals surface area contributed by atoms with Gasteiger partial charge < -0.3 is 15.1 Å². The van der Waals surface area contributed by atoms with Gasteiger partial charge in [0.25, 0.3) is 0 Å². The predicted octanol–water partition coefficient (Wildman–Crippen LogP) is 4.09. The van der Waals surface area contributed by atoms with Crippen LogP contribution in [0.5, 0.6) is 0 Å².